The highest BCUT2D eigenvalue weighted by Gasteiger charge is 2.51. The summed E-state index contributed by atoms with van der Waals surface area (Å²) in [5.74, 6) is -0.560. The molecule has 4 atom stereocenters. The van der Waals surface area contributed by atoms with E-state index >= 15 is 0 Å². The topological polar surface area (TPSA) is 75.7 Å². The maximum atomic E-state index is 14.0. The third-order valence-electron chi connectivity index (χ3n) is 6.92. The molecule has 32 heavy (non-hydrogen) atoms. The number of carbonyl (C=O) groups is 1. The van der Waals surface area contributed by atoms with Crippen molar-refractivity contribution in [3.8, 4) is 11.1 Å². The van der Waals surface area contributed by atoms with Crippen molar-refractivity contribution in [1.82, 2.24) is 24.1 Å². The van der Waals surface area contributed by atoms with Crippen LogP contribution in [0.5, 0.6) is 0 Å². The van der Waals surface area contributed by atoms with Crippen molar-refractivity contribution in [3.05, 3.63) is 47.0 Å². The summed E-state index contributed by atoms with van der Waals surface area (Å²) < 4.78 is 30.4. The molecule has 1 aliphatic carbocycles. The molecule has 6 rings (SSSR count). The number of aryl methyl sites for hydroxylation is 1. The smallest absolute Gasteiger partial charge is 0.286 e. The predicted molar refractivity (Wildman–Crippen MR) is 112 cm³/mol. The van der Waals surface area contributed by atoms with Crippen LogP contribution in [-0.4, -0.2) is 61.3 Å². The van der Waals surface area contributed by atoms with Gasteiger partial charge in [0.25, 0.3) is 5.56 Å². The van der Waals surface area contributed by atoms with Gasteiger partial charge in [-0.2, -0.15) is 5.10 Å². The minimum atomic E-state index is -0.983. The number of amides is 1. The number of nitrogens with zero attached hydrogens (tertiary/aromatic N) is 6. The lowest BCUT2D eigenvalue weighted by molar-refractivity contribution is -0.136. The van der Waals surface area contributed by atoms with Gasteiger partial charge in [0, 0.05) is 55.7 Å². The fourth-order valence-electron chi connectivity index (χ4n) is 5.19. The van der Waals surface area contributed by atoms with Crippen LogP contribution in [0.25, 0.3) is 16.6 Å². The number of pyridine rings is 1. The number of alkyl halides is 1. The second-order valence-corrected chi connectivity index (χ2v) is 9.03. The van der Waals surface area contributed by atoms with Gasteiger partial charge in [0.2, 0.25) is 5.91 Å². The molecule has 166 valence electrons. The Bertz CT molecular complexity index is 1260. The molecule has 3 fully saturated rings. The normalized spacial score (nSPS) is 26.7. The van der Waals surface area contributed by atoms with E-state index in [9.17, 15) is 18.4 Å². The average Bonchev–Trinajstić information content (AvgIpc) is 3.23. The number of rotatable bonds is 3. The van der Waals surface area contributed by atoms with Crippen molar-refractivity contribution in [1.29, 1.82) is 0 Å². The molecule has 2 bridgehead atoms. The molecular weight excluding hydrogens is 418 g/mol. The van der Waals surface area contributed by atoms with E-state index in [4.69, 9.17) is 0 Å². The molecule has 3 aromatic rings. The quantitative estimate of drug-likeness (QED) is 0.621. The molecule has 1 saturated carbocycles. The summed E-state index contributed by atoms with van der Waals surface area (Å²) in [5.41, 5.74) is 1.38. The van der Waals surface area contributed by atoms with Crippen LogP contribution in [-0.2, 0) is 11.8 Å². The Hall–Kier alpha value is -3.30. The largest absolute Gasteiger partial charge is 0.351 e. The minimum absolute atomic E-state index is 0.0424. The van der Waals surface area contributed by atoms with Crippen molar-refractivity contribution < 1.29 is 13.6 Å². The Kier molecular flexibility index (Phi) is 4.15. The molecule has 1 amide bonds. The molecule has 2 saturated heterocycles. The van der Waals surface area contributed by atoms with Crippen LogP contribution in [0.1, 0.15) is 19.3 Å². The molecule has 2 unspecified atom stereocenters. The lowest BCUT2D eigenvalue weighted by Gasteiger charge is -2.41. The van der Waals surface area contributed by atoms with Gasteiger partial charge in [0.05, 0.1) is 5.92 Å². The molecule has 0 aromatic carbocycles. The summed E-state index contributed by atoms with van der Waals surface area (Å²) in [5, 5.41) is 4.29. The maximum absolute atomic E-state index is 14.0. The molecular formula is C22H22F2N6O2. The first kappa shape index (κ1) is 19.4. The molecule has 10 heteroatoms. The molecule has 5 heterocycles. The molecule has 8 nitrogen and oxygen atoms in total. The monoisotopic (exact) mass is 440 g/mol. The van der Waals surface area contributed by atoms with Crippen molar-refractivity contribution in [2.75, 3.05) is 18.0 Å². The lowest BCUT2D eigenvalue weighted by Crippen LogP contribution is -2.56. The van der Waals surface area contributed by atoms with Gasteiger partial charge in [-0.05, 0) is 31.4 Å². The van der Waals surface area contributed by atoms with E-state index in [-0.39, 0.29) is 18.0 Å². The Labute approximate surface area is 182 Å². The highest BCUT2D eigenvalue weighted by Crippen LogP contribution is 2.41. The number of fused-ring (bicyclic) bond motifs is 3. The number of anilines is 1. The predicted octanol–water partition coefficient (Wildman–Crippen LogP) is 1.77. The number of aromatic nitrogens is 4. The zero-order valence-electron chi connectivity index (χ0n) is 17.5. The highest BCUT2D eigenvalue weighted by atomic mass is 19.1. The Morgan fingerprint density at radius 3 is 2.47 bits per heavy atom. The van der Waals surface area contributed by atoms with E-state index < -0.39 is 23.5 Å². The van der Waals surface area contributed by atoms with E-state index in [0.717, 1.165) is 29.7 Å². The molecule has 2 aliphatic heterocycles. The van der Waals surface area contributed by atoms with Gasteiger partial charge in [-0.1, -0.05) is 0 Å². The second-order valence-electron chi connectivity index (χ2n) is 9.03. The van der Waals surface area contributed by atoms with Gasteiger partial charge in [0.1, 0.15) is 18.0 Å². The summed E-state index contributed by atoms with van der Waals surface area (Å²) in [7, 11) is 1.51. The third kappa shape index (κ3) is 2.92. The minimum Gasteiger partial charge on any atom is -0.351 e. The fourth-order valence-corrected chi connectivity index (χ4v) is 5.19. The summed E-state index contributed by atoms with van der Waals surface area (Å²) in [4.78, 5) is 33.0. The van der Waals surface area contributed by atoms with Crippen LogP contribution in [0.4, 0.5) is 14.6 Å². The summed E-state index contributed by atoms with van der Waals surface area (Å²) >= 11 is 0. The molecule has 0 radical (unpaired) electrons. The van der Waals surface area contributed by atoms with Crippen LogP contribution in [0.15, 0.2) is 35.6 Å². The van der Waals surface area contributed by atoms with Crippen LogP contribution in [0, 0.1) is 11.7 Å². The zero-order chi connectivity index (χ0) is 22.1. The van der Waals surface area contributed by atoms with Crippen molar-refractivity contribution in [2.45, 2.75) is 37.5 Å². The number of carbonyl (C=O) groups excluding carboxylic acids is 1. The third-order valence-corrected chi connectivity index (χ3v) is 6.92. The summed E-state index contributed by atoms with van der Waals surface area (Å²) in [6.07, 6.45) is 6.02. The summed E-state index contributed by atoms with van der Waals surface area (Å²) in [6.45, 7) is 1.27. The van der Waals surface area contributed by atoms with E-state index in [1.54, 1.807) is 16.9 Å². The van der Waals surface area contributed by atoms with Crippen LogP contribution in [0.3, 0.4) is 0 Å². The molecule has 3 aromatic heterocycles. The number of hydrogen-bond acceptors (Lipinski definition) is 5. The molecule has 0 spiro atoms. The van der Waals surface area contributed by atoms with Gasteiger partial charge in [-0.15, -0.1) is 0 Å². The van der Waals surface area contributed by atoms with E-state index in [1.807, 2.05) is 11.0 Å². The zero-order valence-corrected chi connectivity index (χ0v) is 17.5. The maximum Gasteiger partial charge on any atom is 0.286 e. The SMILES string of the molecule is Cn1cc(-c2cc3c(N4CC5CCC(C4)N5C(=O)[C@@H]4C[C@H]4F)ncnn3c2)cc(F)c1=O. The van der Waals surface area contributed by atoms with Gasteiger partial charge in [-0.25, -0.2) is 18.3 Å². The lowest BCUT2D eigenvalue weighted by atomic mass is 10.1. The van der Waals surface area contributed by atoms with Gasteiger partial charge in [-0.3, -0.25) is 9.59 Å². The first-order valence-corrected chi connectivity index (χ1v) is 10.8. The van der Waals surface area contributed by atoms with E-state index in [1.165, 1.54) is 24.0 Å². The van der Waals surface area contributed by atoms with Gasteiger partial charge < -0.3 is 14.4 Å². The number of hydrogen-bond donors (Lipinski definition) is 0. The van der Waals surface area contributed by atoms with Gasteiger partial charge >= 0.3 is 0 Å². The highest BCUT2D eigenvalue weighted by molar-refractivity contribution is 5.84. The first-order chi connectivity index (χ1) is 15.4. The van der Waals surface area contributed by atoms with Crippen molar-refractivity contribution in [2.24, 2.45) is 13.0 Å². The number of halogens is 2. The molecule has 3 aliphatic rings. The van der Waals surface area contributed by atoms with Crippen molar-refractivity contribution >= 4 is 17.2 Å². The Morgan fingerprint density at radius 2 is 1.81 bits per heavy atom. The van der Waals surface area contributed by atoms with Crippen molar-refractivity contribution in [3.63, 3.8) is 0 Å². The van der Waals surface area contributed by atoms with E-state index in [0.29, 0.717) is 25.1 Å². The van der Waals surface area contributed by atoms with E-state index in [2.05, 4.69) is 15.0 Å². The van der Waals surface area contributed by atoms with Crippen LogP contribution < -0.4 is 10.5 Å². The standard InChI is InChI=1S/C22H22F2N6O2/c1-27-7-12(4-18(24)22(27)32)13-5-19-20(25-11-26-29(19)8-13)28-9-14-2-3-15(10-28)30(14)21(31)16-6-17(16)23/h4-5,7-8,11,14-17H,2-3,6,9-10H2,1H3/t14?,15?,16-,17-/m1/s1. The first-order valence-electron chi connectivity index (χ1n) is 10.8. The summed E-state index contributed by atoms with van der Waals surface area (Å²) in [6, 6.07) is 3.21. The Balaban J connectivity index is 1.32. The van der Waals surface area contributed by atoms with Crippen LogP contribution >= 0.6 is 0 Å². The molecule has 0 N–H and O–H groups in total. The fraction of sp³-hybridized carbons (Fsp3) is 0.455. The number of piperazine rings is 1. The second kappa shape index (κ2) is 6.85. The Morgan fingerprint density at radius 1 is 1.12 bits per heavy atom. The average molecular weight is 440 g/mol. The van der Waals surface area contributed by atoms with Gasteiger partial charge in [0.15, 0.2) is 11.6 Å². The van der Waals surface area contributed by atoms with Crippen LogP contribution in [0.2, 0.25) is 0 Å².